The third kappa shape index (κ3) is 6.57. The van der Waals surface area contributed by atoms with Crippen LogP contribution in [0, 0.1) is 51.8 Å². The highest BCUT2D eigenvalue weighted by molar-refractivity contribution is 8.21. The number of nitrogens with one attached hydrogen (secondary N) is 3. The Morgan fingerprint density at radius 1 is 1.05 bits per heavy atom. The number of benzene rings is 1. The van der Waals surface area contributed by atoms with E-state index >= 15 is 0 Å². The van der Waals surface area contributed by atoms with Crippen LogP contribution in [0.15, 0.2) is 0 Å². The number of likely N-dealkylation sites (tertiary alicyclic amines) is 1. The van der Waals surface area contributed by atoms with Crippen molar-refractivity contribution in [2.45, 2.75) is 62.2 Å². The van der Waals surface area contributed by atoms with Gasteiger partial charge in [0.05, 0.1) is 10.1 Å². The van der Waals surface area contributed by atoms with Crippen molar-refractivity contribution in [2.24, 2.45) is 11.3 Å². The summed E-state index contributed by atoms with van der Waals surface area (Å²) < 4.78 is 69.4. The highest BCUT2D eigenvalue weighted by Gasteiger charge is 2.53. The first kappa shape index (κ1) is 32.8. The molecule has 3 N–H and O–H groups in total. The van der Waals surface area contributed by atoms with Gasteiger partial charge in [0.15, 0.2) is 23.3 Å². The second-order valence-corrected chi connectivity index (χ2v) is 14.9. The summed E-state index contributed by atoms with van der Waals surface area (Å²) in [6.45, 7) is 5.08. The minimum atomic E-state index is -2.43. The van der Waals surface area contributed by atoms with E-state index in [1.165, 1.54) is 25.7 Å². The van der Waals surface area contributed by atoms with Crippen molar-refractivity contribution in [2.75, 3.05) is 24.6 Å². The largest absolute Gasteiger partial charge is 0.356 e. The topological polar surface area (TPSA) is 131 Å². The molecule has 9 nitrogen and oxygen atoms in total. The molecule has 1 aromatic rings. The Bertz CT molecular complexity index is 1350. The van der Waals surface area contributed by atoms with E-state index in [0.717, 1.165) is 11.5 Å². The molecule has 1 aromatic carbocycles. The third-order valence-corrected chi connectivity index (χ3v) is 11.1. The van der Waals surface area contributed by atoms with Gasteiger partial charge in [0, 0.05) is 36.9 Å². The predicted molar refractivity (Wildman–Crippen MR) is 148 cm³/mol. The molecule has 0 saturated carbocycles. The molecule has 0 bridgehead atoms. The fourth-order valence-corrected chi connectivity index (χ4v) is 8.66. The summed E-state index contributed by atoms with van der Waals surface area (Å²) in [7, 11) is 0. The summed E-state index contributed by atoms with van der Waals surface area (Å²) in [5.41, 5.74) is -2.88. The molecule has 4 atom stereocenters. The van der Waals surface area contributed by atoms with E-state index in [9.17, 15) is 46.4 Å². The van der Waals surface area contributed by atoms with Crippen LogP contribution in [0.25, 0.3) is 0 Å². The van der Waals surface area contributed by atoms with Crippen molar-refractivity contribution in [3.63, 3.8) is 0 Å². The summed E-state index contributed by atoms with van der Waals surface area (Å²) >= 11 is 3.10. The molecule has 0 unspecified atom stereocenters. The normalized spacial score (nSPS) is 22.7. The average molecular weight is 648 g/mol. The molecule has 3 fully saturated rings. The lowest BCUT2D eigenvalue weighted by atomic mass is 9.85. The number of thioether (sulfide) groups is 2. The molecule has 0 aromatic heterocycles. The number of carbonyl (C=O) groups excluding carboxylic acids is 4. The lowest BCUT2D eigenvalue weighted by Gasteiger charge is -2.35. The fourth-order valence-electron chi connectivity index (χ4n) is 5.40. The van der Waals surface area contributed by atoms with Crippen LogP contribution in [0.1, 0.15) is 50.4 Å². The summed E-state index contributed by atoms with van der Waals surface area (Å²) in [6, 6.07) is -1.69. The monoisotopic (exact) mass is 647 g/mol. The van der Waals surface area contributed by atoms with E-state index in [0.29, 0.717) is 13.0 Å². The Kier molecular flexibility index (Phi) is 9.55. The van der Waals surface area contributed by atoms with Crippen LogP contribution >= 0.6 is 23.5 Å². The van der Waals surface area contributed by atoms with Gasteiger partial charge in [-0.25, -0.2) is 22.0 Å². The van der Waals surface area contributed by atoms with Crippen LogP contribution in [0.3, 0.4) is 0 Å². The molecule has 4 rings (SSSR count). The Morgan fingerprint density at radius 3 is 2.14 bits per heavy atom. The van der Waals surface area contributed by atoms with E-state index in [4.69, 9.17) is 0 Å². The number of nitriles is 1. The van der Waals surface area contributed by atoms with Crippen molar-refractivity contribution >= 4 is 47.2 Å². The minimum absolute atomic E-state index is 0.0620. The third-order valence-electron chi connectivity index (χ3n) is 7.67. The number of amides is 4. The highest BCUT2D eigenvalue weighted by atomic mass is 32.2. The number of rotatable bonds is 7. The van der Waals surface area contributed by atoms with Gasteiger partial charge in [-0.3, -0.25) is 19.2 Å². The van der Waals surface area contributed by atoms with Crippen LogP contribution in [-0.2, 0) is 14.4 Å². The minimum Gasteiger partial charge on any atom is -0.356 e. The van der Waals surface area contributed by atoms with Crippen molar-refractivity contribution in [3.05, 3.63) is 34.6 Å². The zero-order valence-electron chi connectivity index (χ0n) is 23.5. The Hall–Kier alpha value is -3.06. The second-order valence-electron chi connectivity index (χ2n) is 11.7. The zero-order valence-corrected chi connectivity index (χ0v) is 25.1. The first-order valence-corrected chi connectivity index (χ1v) is 15.5. The molecule has 16 heteroatoms. The Morgan fingerprint density at radius 2 is 1.63 bits per heavy atom. The molecule has 4 amide bonds. The smallest absolute Gasteiger partial charge is 0.258 e. The molecule has 0 aliphatic carbocycles. The highest BCUT2D eigenvalue weighted by Crippen LogP contribution is 2.52. The van der Waals surface area contributed by atoms with Crippen LogP contribution in [0.2, 0.25) is 0 Å². The summed E-state index contributed by atoms with van der Waals surface area (Å²) in [5, 5.41) is 17.1. The van der Waals surface area contributed by atoms with Gasteiger partial charge in [-0.2, -0.15) is 5.26 Å². The number of hydrogen-bond donors (Lipinski definition) is 3. The lowest BCUT2D eigenvalue weighted by molar-refractivity contribution is -0.142. The number of nitrogens with zero attached hydrogens (tertiary/aromatic N) is 2. The molecular formula is C27H30F5N5O4S2. The average Bonchev–Trinajstić information content (AvgIpc) is 3.68. The first-order chi connectivity index (χ1) is 20.1. The lowest BCUT2D eigenvalue weighted by Crippen LogP contribution is -2.58. The zero-order chi connectivity index (χ0) is 31.9. The van der Waals surface area contributed by atoms with Gasteiger partial charge in [-0.1, -0.05) is 20.8 Å². The summed E-state index contributed by atoms with van der Waals surface area (Å²) in [6.07, 6.45) is 0.781. The molecule has 3 aliphatic heterocycles. The summed E-state index contributed by atoms with van der Waals surface area (Å²) in [4.78, 5) is 53.8. The molecule has 0 radical (unpaired) electrons. The summed E-state index contributed by atoms with van der Waals surface area (Å²) in [5.74, 6) is -14.1. The first-order valence-electron chi connectivity index (χ1n) is 13.5. The molecule has 3 saturated heterocycles. The molecule has 43 heavy (non-hydrogen) atoms. The fraction of sp³-hybridized carbons (Fsp3) is 0.593. The Labute approximate surface area is 253 Å². The van der Waals surface area contributed by atoms with Crippen molar-refractivity contribution in [1.29, 1.82) is 5.26 Å². The maximum absolute atomic E-state index is 14.4. The van der Waals surface area contributed by atoms with Gasteiger partial charge in [0.25, 0.3) is 5.91 Å². The van der Waals surface area contributed by atoms with Gasteiger partial charge in [-0.05, 0) is 18.3 Å². The van der Waals surface area contributed by atoms with E-state index in [2.05, 4.69) is 16.0 Å². The predicted octanol–water partition coefficient (Wildman–Crippen LogP) is 2.84. The van der Waals surface area contributed by atoms with Crippen LogP contribution in [-0.4, -0.2) is 75.3 Å². The van der Waals surface area contributed by atoms with Crippen LogP contribution < -0.4 is 16.0 Å². The number of carbonyl (C=O) groups is 4. The van der Waals surface area contributed by atoms with E-state index in [-0.39, 0.29) is 25.3 Å². The van der Waals surface area contributed by atoms with Gasteiger partial charge >= 0.3 is 0 Å². The van der Waals surface area contributed by atoms with Gasteiger partial charge < -0.3 is 20.9 Å². The van der Waals surface area contributed by atoms with Crippen LogP contribution in [0.4, 0.5) is 22.0 Å². The van der Waals surface area contributed by atoms with Gasteiger partial charge in [0.2, 0.25) is 23.5 Å². The standard InChI is InChI=1S/C27H30F5N5O4S2/c1-26(2,3)21(36-24(40)15-16(28)18(30)20(32)19(31)17(15)29)25(41)37-11-27(42-6-7-43-27)9-14(37)23(39)35-13(10-33)8-12-4-5-34-22(12)38/h12-14,21H,4-9,11H2,1-3H3,(H,34,38)(H,35,39)(H,36,40)/t12-,13-,14-,21+/m0/s1. The van der Waals surface area contributed by atoms with E-state index in [1.807, 2.05) is 6.07 Å². The van der Waals surface area contributed by atoms with Crippen LogP contribution in [0.5, 0.6) is 0 Å². The number of halogens is 5. The van der Waals surface area contributed by atoms with Crippen molar-refractivity contribution < 1.29 is 41.1 Å². The molecule has 3 aliphatic rings. The Balaban J connectivity index is 1.61. The maximum atomic E-state index is 14.4. The van der Waals surface area contributed by atoms with E-state index < -0.39 is 85.9 Å². The maximum Gasteiger partial charge on any atom is 0.258 e. The second kappa shape index (κ2) is 12.5. The van der Waals surface area contributed by atoms with Crippen molar-refractivity contribution in [1.82, 2.24) is 20.9 Å². The van der Waals surface area contributed by atoms with Gasteiger partial charge in [-0.15, -0.1) is 23.5 Å². The number of hydrogen-bond acceptors (Lipinski definition) is 7. The molecule has 234 valence electrons. The molecule has 1 spiro atoms. The van der Waals surface area contributed by atoms with Gasteiger partial charge in [0.1, 0.15) is 23.7 Å². The molecular weight excluding hydrogens is 617 g/mol. The molecule has 3 heterocycles. The van der Waals surface area contributed by atoms with Crippen molar-refractivity contribution in [3.8, 4) is 6.07 Å². The van der Waals surface area contributed by atoms with E-state index in [1.54, 1.807) is 23.5 Å². The SMILES string of the molecule is CC(C)(C)[C@H](NC(=O)c1c(F)c(F)c(F)c(F)c1F)C(=O)N1CC2(C[C@H]1C(=O)N[C@H](C#N)C[C@@H]1CCNC1=O)SCCS2. The quantitative estimate of drug-likeness (QED) is 0.236.